The van der Waals surface area contributed by atoms with Crippen molar-refractivity contribution in [2.24, 2.45) is 0 Å². The Hall–Kier alpha value is -1.74. The molecule has 5 heteroatoms. The van der Waals surface area contributed by atoms with E-state index in [0.29, 0.717) is 0 Å². The number of hydrogen-bond acceptors (Lipinski definition) is 4. The summed E-state index contributed by atoms with van der Waals surface area (Å²) >= 11 is 7.57. The van der Waals surface area contributed by atoms with Crippen LogP contribution in [0.2, 0.25) is 0 Å². The van der Waals surface area contributed by atoms with Crippen molar-refractivity contribution in [1.82, 2.24) is 0 Å². The molecule has 0 heterocycles. The van der Waals surface area contributed by atoms with Crippen LogP contribution in [0.15, 0.2) is 78.9 Å². The lowest BCUT2D eigenvalue weighted by atomic mass is 9.87. The van der Waals surface area contributed by atoms with Gasteiger partial charge >= 0.3 is 5.69 Å². The number of hydrogen-bond donors (Lipinski definition) is 0. The minimum atomic E-state index is -2.69. The van der Waals surface area contributed by atoms with Crippen molar-refractivity contribution in [3.8, 4) is 11.5 Å². The Kier molecular flexibility index (Phi) is 7.81. The Morgan fingerprint density at radius 2 is 1.06 bits per heavy atom. The summed E-state index contributed by atoms with van der Waals surface area (Å²) in [6, 6.07) is 26.7. The molecule has 0 spiro atoms. The van der Waals surface area contributed by atoms with E-state index < -0.39 is 5.69 Å². The first-order valence-electron chi connectivity index (χ1n) is 10.8. The van der Waals surface area contributed by atoms with Crippen LogP contribution in [0.4, 0.5) is 0 Å². The van der Waals surface area contributed by atoms with Crippen molar-refractivity contribution in [2.75, 3.05) is 0 Å². The second kappa shape index (κ2) is 10.0. The van der Waals surface area contributed by atoms with E-state index in [4.69, 9.17) is 20.9 Å². The predicted octanol–water partition coefficient (Wildman–Crippen LogP) is 8.90. The molecule has 0 atom stereocenters. The molecule has 0 aliphatic rings. The maximum Gasteiger partial charge on any atom is 0.348 e. The van der Waals surface area contributed by atoms with Crippen molar-refractivity contribution in [3.63, 3.8) is 0 Å². The van der Waals surface area contributed by atoms with Crippen molar-refractivity contribution < 1.29 is 9.05 Å². The van der Waals surface area contributed by atoms with Crippen LogP contribution < -0.4 is 9.05 Å². The molecule has 0 saturated heterocycles. The standard InChI is InChI=1S/C27H33O2PS2/c1-26(2,3)22-12-16-24(17-13-22)28-30(31,32-20-21-10-8-7-9-11-21)29-25-18-14-23(15-19-25)27(4,5)6/h7-19H,20H2,1-6H3. The van der Waals surface area contributed by atoms with Gasteiger partial charge in [-0.15, -0.1) is 0 Å². The Morgan fingerprint density at radius 1 is 0.656 bits per heavy atom. The molecule has 3 aromatic rings. The van der Waals surface area contributed by atoms with E-state index in [1.807, 2.05) is 42.5 Å². The minimum Gasteiger partial charge on any atom is -0.428 e. The van der Waals surface area contributed by atoms with Gasteiger partial charge in [-0.25, -0.2) is 0 Å². The first kappa shape index (κ1) is 24.9. The van der Waals surface area contributed by atoms with Gasteiger partial charge in [0, 0.05) is 5.75 Å². The van der Waals surface area contributed by atoms with Crippen molar-refractivity contribution in [3.05, 3.63) is 95.6 Å². The first-order chi connectivity index (χ1) is 14.9. The van der Waals surface area contributed by atoms with Gasteiger partial charge in [-0.05, 0) is 75.0 Å². The van der Waals surface area contributed by atoms with Gasteiger partial charge in [0.25, 0.3) is 0 Å². The largest absolute Gasteiger partial charge is 0.428 e. The molecule has 0 aliphatic heterocycles. The summed E-state index contributed by atoms with van der Waals surface area (Å²) in [6.07, 6.45) is 0. The highest BCUT2D eigenvalue weighted by atomic mass is 32.9. The average Bonchev–Trinajstić information content (AvgIpc) is 2.72. The maximum absolute atomic E-state index is 6.36. The third-order valence-corrected chi connectivity index (χ3v) is 9.93. The van der Waals surface area contributed by atoms with E-state index in [9.17, 15) is 0 Å². The second-order valence-corrected chi connectivity index (χ2v) is 16.1. The smallest absolute Gasteiger partial charge is 0.348 e. The molecule has 2 nitrogen and oxygen atoms in total. The molecule has 0 saturated carbocycles. The van der Waals surface area contributed by atoms with E-state index in [1.54, 1.807) is 11.4 Å². The Balaban J connectivity index is 1.82. The highest BCUT2D eigenvalue weighted by Gasteiger charge is 2.25. The summed E-state index contributed by atoms with van der Waals surface area (Å²) in [7, 11) is 0. The number of benzene rings is 3. The minimum absolute atomic E-state index is 0.0894. The topological polar surface area (TPSA) is 18.5 Å². The molecular formula is C27H33O2PS2. The lowest BCUT2D eigenvalue weighted by Crippen LogP contribution is -2.10. The lowest BCUT2D eigenvalue weighted by Gasteiger charge is -2.25. The van der Waals surface area contributed by atoms with Crippen LogP contribution in [0.1, 0.15) is 58.2 Å². The molecule has 170 valence electrons. The van der Waals surface area contributed by atoms with Crippen molar-refractivity contribution in [2.45, 2.75) is 58.1 Å². The molecule has 0 radical (unpaired) electrons. The molecule has 3 rings (SSSR count). The molecule has 32 heavy (non-hydrogen) atoms. The van der Waals surface area contributed by atoms with Crippen LogP contribution in [0.3, 0.4) is 0 Å². The van der Waals surface area contributed by atoms with Crippen molar-refractivity contribution in [1.29, 1.82) is 0 Å². The zero-order valence-corrected chi connectivity index (χ0v) is 22.3. The first-order valence-corrected chi connectivity index (χ1v) is 15.1. The van der Waals surface area contributed by atoms with Gasteiger partial charge < -0.3 is 9.05 Å². The zero-order valence-electron chi connectivity index (χ0n) is 19.8. The zero-order chi connectivity index (χ0) is 23.4. The molecule has 0 bridgehead atoms. The molecule has 0 aromatic heterocycles. The summed E-state index contributed by atoms with van der Waals surface area (Å²) in [5, 5.41) is 0. The van der Waals surface area contributed by atoms with Gasteiger partial charge in [-0.3, -0.25) is 0 Å². The highest BCUT2D eigenvalue weighted by Crippen LogP contribution is 2.61. The fraction of sp³-hybridized carbons (Fsp3) is 0.333. The average molecular weight is 485 g/mol. The van der Waals surface area contributed by atoms with Crippen molar-refractivity contribution >= 4 is 28.9 Å². The molecule has 0 amide bonds. The highest BCUT2D eigenvalue weighted by molar-refractivity contribution is 8.67. The molecule has 0 N–H and O–H groups in total. The van der Waals surface area contributed by atoms with E-state index in [-0.39, 0.29) is 10.8 Å². The molecule has 0 unspecified atom stereocenters. The van der Waals surface area contributed by atoms with Crippen LogP contribution >= 0.6 is 17.1 Å². The maximum atomic E-state index is 6.36. The van der Waals surface area contributed by atoms with Gasteiger partial charge in [-0.1, -0.05) is 96.1 Å². The molecule has 0 aliphatic carbocycles. The van der Waals surface area contributed by atoms with Crippen LogP contribution in [0.25, 0.3) is 0 Å². The molecule has 3 aromatic carbocycles. The van der Waals surface area contributed by atoms with E-state index in [2.05, 4.69) is 77.9 Å². The Labute approximate surface area is 202 Å². The Morgan fingerprint density at radius 3 is 1.44 bits per heavy atom. The van der Waals surface area contributed by atoms with Gasteiger partial charge in [0.2, 0.25) is 0 Å². The van der Waals surface area contributed by atoms with E-state index >= 15 is 0 Å². The number of rotatable bonds is 7. The summed E-state index contributed by atoms with van der Waals surface area (Å²) in [5.41, 5.74) is 1.20. The molecule has 0 fully saturated rings. The van der Waals surface area contributed by atoms with Crippen LogP contribution in [-0.2, 0) is 28.4 Å². The SMILES string of the molecule is CC(C)(C)c1ccc(OP(=S)(Oc2ccc(C(C)(C)C)cc2)SCc2ccccc2)cc1. The second-order valence-electron chi connectivity index (χ2n) is 9.94. The fourth-order valence-electron chi connectivity index (χ4n) is 3.09. The van der Waals surface area contributed by atoms with Crippen LogP contribution in [0.5, 0.6) is 11.5 Å². The predicted molar refractivity (Wildman–Crippen MR) is 144 cm³/mol. The van der Waals surface area contributed by atoms with Crippen LogP contribution in [-0.4, -0.2) is 0 Å². The third kappa shape index (κ3) is 7.13. The van der Waals surface area contributed by atoms with Crippen LogP contribution in [0, 0.1) is 0 Å². The van der Waals surface area contributed by atoms with Gasteiger partial charge in [-0.2, -0.15) is 0 Å². The van der Waals surface area contributed by atoms with Gasteiger partial charge in [0.15, 0.2) is 0 Å². The normalized spacial score (nSPS) is 12.4. The Bertz CT molecular complexity index is 985. The third-order valence-electron chi connectivity index (χ3n) is 5.11. The monoisotopic (exact) mass is 484 g/mol. The lowest BCUT2D eigenvalue weighted by molar-refractivity contribution is 0.504. The quantitative estimate of drug-likeness (QED) is 0.312. The summed E-state index contributed by atoms with van der Waals surface area (Å²) in [6.45, 7) is 13.2. The van der Waals surface area contributed by atoms with Gasteiger partial charge in [0.05, 0.1) is 0 Å². The summed E-state index contributed by atoms with van der Waals surface area (Å²) < 4.78 is 12.7. The fourth-order valence-corrected chi connectivity index (χ4v) is 7.24. The summed E-state index contributed by atoms with van der Waals surface area (Å²) in [4.78, 5) is 0. The van der Waals surface area contributed by atoms with E-state index in [1.165, 1.54) is 16.7 Å². The summed E-state index contributed by atoms with van der Waals surface area (Å²) in [5.74, 6) is 2.22. The molecular weight excluding hydrogens is 451 g/mol. The van der Waals surface area contributed by atoms with E-state index in [0.717, 1.165) is 17.3 Å². The van der Waals surface area contributed by atoms with Gasteiger partial charge in [0.1, 0.15) is 11.5 Å².